The normalized spacial score (nSPS) is 28.6. The highest BCUT2D eigenvalue weighted by molar-refractivity contribution is 5.81. The molecular weight excluding hydrogens is 401 g/mol. The Bertz CT molecular complexity index is 803. The SMILES string of the molecule is COc1nc(OC2CCC3(CC2)CN(C(=O)[C@H]2C[C@@](C)(O)C2)C3)ccc1C(F)(F)F. The van der Waals surface area contributed by atoms with Crippen LogP contribution in [0.2, 0.25) is 0 Å². The molecule has 1 spiro atoms. The number of ether oxygens (including phenoxy) is 2. The van der Waals surface area contributed by atoms with E-state index in [2.05, 4.69) is 4.98 Å². The van der Waals surface area contributed by atoms with Gasteiger partial charge in [0.2, 0.25) is 17.7 Å². The van der Waals surface area contributed by atoms with Crippen LogP contribution in [0, 0.1) is 11.3 Å². The van der Waals surface area contributed by atoms with Crippen LogP contribution < -0.4 is 9.47 Å². The lowest BCUT2D eigenvalue weighted by molar-refractivity contribution is -0.164. The average molecular weight is 428 g/mol. The highest BCUT2D eigenvalue weighted by atomic mass is 19.4. The zero-order chi connectivity index (χ0) is 21.7. The number of aliphatic hydroxyl groups is 1. The molecular formula is C21H27F3N2O4. The van der Waals surface area contributed by atoms with Gasteiger partial charge in [0.1, 0.15) is 11.7 Å². The van der Waals surface area contributed by atoms with Crippen molar-refractivity contribution in [2.24, 2.45) is 11.3 Å². The number of alkyl halides is 3. The van der Waals surface area contributed by atoms with Crippen molar-refractivity contribution in [1.29, 1.82) is 0 Å². The second-order valence-corrected chi connectivity index (χ2v) is 9.32. The van der Waals surface area contributed by atoms with Crippen molar-refractivity contribution in [2.45, 2.75) is 63.3 Å². The fourth-order valence-corrected chi connectivity index (χ4v) is 5.02. The quantitative estimate of drug-likeness (QED) is 0.796. The minimum absolute atomic E-state index is 0.0576. The topological polar surface area (TPSA) is 71.9 Å². The van der Waals surface area contributed by atoms with Gasteiger partial charge in [-0.3, -0.25) is 4.79 Å². The molecule has 3 aliphatic rings. The maximum Gasteiger partial charge on any atom is 0.421 e. The Morgan fingerprint density at radius 2 is 1.87 bits per heavy atom. The smallest absolute Gasteiger partial charge is 0.421 e. The number of amides is 1. The summed E-state index contributed by atoms with van der Waals surface area (Å²) >= 11 is 0. The molecule has 1 aromatic rings. The minimum atomic E-state index is -4.53. The number of aromatic nitrogens is 1. The number of hydrogen-bond donors (Lipinski definition) is 1. The predicted octanol–water partition coefficient (Wildman–Crippen LogP) is 3.42. The van der Waals surface area contributed by atoms with Gasteiger partial charge in [-0.15, -0.1) is 0 Å². The molecule has 166 valence electrons. The molecule has 4 rings (SSSR count). The van der Waals surface area contributed by atoms with Crippen LogP contribution in [-0.2, 0) is 11.0 Å². The molecule has 0 aromatic carbocycles. The zero-order valence-electron chi connectivity index (χ0n) is 17.2. The molecule has 3 fully saturated rings. The van der Waals surface area contributed by atoms with E-state index in [4.69, 9.17) is 9.47 Å². The number of hydrogen-bond acceptors (Lipinski definition) is 5. The van der Waals surface area contributed by atoms with Crippen molar-refractivity contribution < 1.29 is 32.5 Å². The first-order valence-electron chi connectivity index (χ1n) is 10.3. The number of rotatable bonds is 4. The summed E-state index contributed by atoms with van der Waals surface area (Å²) in [5.74, 6) is -0.275. The van der Waals surface area contributed by atoms with Crippen molar-refractivity contribution in [3.05, 3.63) is 17.7 Å². The number of nitrogens with zero attached hydrogens (tertiary/aromatic N) is 2. The van der Waals surface area contributed by atoms with Crippen molar-refractivity contribution in [3.8, 4) is 11.8 Å². The van der Waals surface area contributed by atoms with Gasteiger partial charge in [0, 0.05) is 30.5 Å². The molecule has 1 N–H and O–H groups in total. The number of methoxy groups -OCH3 is 1. The lowest BCUT2D eigenvalue weighted by Gasteiger charge is -2.55. The summed E-state index contributed by atoms with van der Waals surface area (Å²) in [4.78, 5) is 18.2. The molecule has 6 nitrogen and oxygen atoms in total. The Kier molecular flexibility index (Phi) is 5.15. The fourth-order valence-electron chi connectivity index (χ4n) is 5.02. The molecule has 30 heavy (non-hydrogen) atoms. The van der Waals surface area contributed by atoms with E-state index < -0.39 is 23.2 Å². The predicted molar refractivity (Wildman–Crippen MR) is 101 cm³/mol. The molecule has 1 aliphatic heterocycles. The Hall–Kier alpha value is -2.03. The Balaban J connectivity index is 1.27. The van der Waals surface area contributed by atoms with E-state index in [1.165, 1.54) is 6.07 Å². The van der Waals surface area contributed by atoms with Gasteiger partial charge in [-0.1, -0.05) is 0 Å². The minimum Gasteiger partial charge on any atom is -0.480 e. The largest absolute Gasteiger partial charge is 0.480 e. The van der Waals surface area contributed by atoms with E-state index in [1.807, 2.05) is 4.90 Å². The van der Waals surface area contributed by atoms with Gasteiger partial charge in [-0.05, 0) is 51.5 Å². The molecule has 2 saturated carbocycles. The molecule has 1 aromatic heterocycles. The number of likely N-dealkylation sites (tertiary alicyclic amines) is 1. The second-order valence-electron chi connectivity index (χ2n) is 9.32. The van der Waals surface area contributed by atoms with Gasteiger partial charge in [-0.25, -0.2) is 0 Å². The first-order chi connectivity index (χ1) is 14.0. The first kappa shape index (κ1) is 21.2. The van der Waals surface area contributed by atoms with E-state index in [-0.39, 0.29) is 29.2 Å². The number of halogens is 3. The number of carbonyl (C=O) groups is 1. The van der Waals surface area contributed by atoms with Gasteiger partial charge in [-0.2, -0.15) is 18.2 Å². The van der Waals surface area contributed by atoms with Crippen LogP contribution in [0.3, 0.4) is 0 Å². The maximum absolute atomic E-state index is 13.0. The zero-order valence-corrected chi connectivity index (χ0v) is 17.2. The van der Waals surface area contributed by atoms with Crippen molar-refractivity contribution in [1.82, 2.24) is 9.88 Å². The van der Waals surface area contributed by atoms with Gasteiger partial charge >= 0.3 is 6.18 Å². The molecule has 1 amide bonds. The van der Waals surface area contributed by atoms with E-state index in [0.29, 0.717) is 12.8 Å². The van der Waals surface area contributed by atoms with Crippen LogP contribution in [0.5, 0.6) is 11.8 Å². The summed E-state index contributed by atoms with van der Waals surface area (Å²) in [6.07, 6.45) is -0.226. The second kappa shape index (κ2) is 7.28. The summed E-state index contributed by atoms with van der Waals surface area (Å²) in [6, 6.07) is 2.16. The summed E-state index contributed by atoms with van der Waals surface area (Å²) in [5, 5.41) is 9.83. The Labute approximate surface area is 173 Å². The Morgan fingerprint density at radius 1 is 1.23 bits per heavy atom. The molecule has 0 unspecified atom stereocenters. The highest BCUT2D eigenvalue weighted by Crippen LogP contribution is 2.47. The van der Waals surface area contributed by atoms with Crippen molar-refractivity contribution in [3.63, 3.8) is 0 Å². The monoisotopic (exact) mass is 428 g/mol. The molecule has 0 bridgehead atoms. The van der Waals surface area contributed by atoms with Gasteiger partial charge in [0.15, 0.2) is 0 Å². The third-order valence-corrected chi connectivity index (χ3v) is 6.70. The molecule has 2 heterocycles. The van der Waals surface area contributed by atoms with E-state index in [0.717, 1.165) is 51.9 Å². The van der Waals surface area contributed by atoms with Crippen LogP contribution in [0.15, 0.2) is 12.1 Å². The third-order valence-electron chi connectivity index (χ3n) is 6.70. The van der Waals surface area contributed by atoms with Gasteiger partial charge in [0.25, 0.3) is 0 Å². The Morgan fingerprint density at radius 3 is 2.40 bits per heavy atom. The lowest BCUT2D eigenvalue weighted by atomic mass is 9.66. The molecule has 1 saturated heterocycles. The molecule has 2 aliphatic carbocycles. The van der Waals surface area contributed by atoms with E-state index in [9.17, 15) is 23.1 Å². The van der Waals surface area contributed by atoms with Crippen LogP contribution in [-0.4, -0.2) is 52.8 Å². The summed E-state index contributed by atoms with van der Waals surface area (Å²) in [6.45, 7) is 3.24. The number of carbonyl (C=O) groups excluding carboxylic acids is 1. The van der Waals surface area contributed by atoms with Crippen LogP contribution in [0.25, 0.3) is 0 Å². The number of pyridine rings is 1. The lowest BCUT2D eigenvalue weighted by Crippen LogP contribution is -2.63. The third kappa shape index (κ3) is 4.08. The first-order valence-corrected chi connectivity index (χ1v) is 10.3. The summed E-state index contributed by atoms with van der Waals surface area (Å²) < 4.78 is 49.5. The van der Waals surface area contributed by atoms with Crippen LogP contribution in [0.1, 0.15) is 51.0 Å². The molecule has 0 atom stereocenters. The standard InChI is InChI=1S/C21H27F3N2O4/c1-19(28)9-13(10-19)18(27)26-11-20(12-26)7-5-14(6-8-20)30-16-4-3-15(21(22,23)24)17(25-16)29-2/h3-4,13-14,28H,5-12H2,1-2H3/t13-,19+. The fraction of sp³-hybridized carbons (Fsp3) is 0.714. The summed E-state index contributed by atoms with van der Waals surface area (Å²) in [7, 11) is 1.15. The van der Waals surface area contributed by atoms with Crippen molar-refractivity contribution >= 4 is 5.91 Å². The maximum atomic E-state index is 13.0. The van der Waals surface area contributed by atoms with Crippen LogP contribution >= 0.6 is 0 Å². The van der Waals surface area contributed by atoms with E-state index in [1.54, 1.807) is 6.92 Å². The van der Waals surface area contributed by atoms with E-state index >= 15 is 0 Å². The highest BCUT2D eigenvalue weighted by Gasteiger charge is 2.51. The van der Waals surface area contributed by atoms with Gasteiger partial charge < -0.3 is 19.5 Å². The summed E-state index contributed by atoms with van der Waals surface area (Å²) in [5.41, 5.74) is -1.51. The average Bonchev–Trinajstić information content (AvgIpc) is 2.63. The van der Waals surface area contributed by atoms with Crippen molar-refractivity contribution in [2.75, 3.05) is 20.2 Å². The van der Waals surface area contributed by atoms with Crippen LogP contribution in [0.4, 0.5) is 13.2 Å². The molecule has 9 heteroatoms. The van der Waals surface area contributed by atoms with Gasteiger partial charge in [0.05, 0.1) is 12.7 Å². The molecule has 0 radical (unpaired) electrons.